The molecular formula is C28H33BrO3. The lowest BCUT2D eigenvalue weighted by Crippen LogP contribution is -2.46. The van der Waals surface area contributed by atoms with Crippen molar-refractivity contribution in [3.8, 4) is 5.75 Å². The summed E-state index contributed by atoms with van der Waals surface area (Å²) in [5.41, 5.74) is 4.29. The fourth-order valence-electron chi connectivity index (χ4n) is 7.08. The molecule has 2 aromatic carbocycles. The highest BCUT2D eigenvalue weighted by Gasteiger charge is 2.59. The summed E-state index contributed by atoms with van der Waals surface area (Å²) in [7, 11) is 0. The molecule has 2 fully saturated rings. The van der Waals surface area contributed by atoms with E-state index in [0.29, 0.717) is 30.3 Å². The first-order valence-corrected chi connectivity index (χ1v) is 13.1. The van der Waals surface area contributed by atoms with Crippen LogP contribution in [0.15, 0.2) is 48.5 Å². The first-order valence-electron chi connectivity index (χ1n) is 12.0. The van der Waals surface area contributed by atoms with Gasteiger partial charge in [0.05, 0.1) is 0 Å². The Morgan fingerprint density at radius 2 is 1.97 bits per heavy atom. The Bertz CT molecular complexity index is 974. The van der Waals surface area contributed by atoms with Gasteiger partial charge in [0.15, 0.2) is 0 Å². The molecule has 0 saturated heterocycles. The number of carbonyl (C=O) groups excluding carboxylic acids is 1. The Hall–Kier alpha value is -1.81. The van der Waals surface area contributed by atoms with Crippen molar-refractivity contribution < 1.29 is 14.3 Å². The van der Waals surface area contributed by atoms with Gasteiger partial charge in [-0.25, -0.2) is 0 Å². The van der Waals surface area contributed by atoms with Crippen LogP contribution in [0.25, 0.3) is 0 Å². The molecule has 3 aliphatic carbocycles. The molecule has 0 amide bonds. The van der Waals surface area contributed by atoms with E-state index in [4.69, 9.17) is 9.47 Å². The number of esters is 1. The van der Waals surface area contributed by atoms with Crippen LogP contribution in [0, 0.1) is 23.2 Å². The lowest BCUT2D eigenvalue weighted by molar-refractivity contribution is -0.157. The number of aryl methyl sites for hydroxylation is 1. The molecule has 0 spiro atoms. The zero-order valence-electron chi connectivity index (χ0n) is 19.1. The minimum atomic E-state index is -0.137. The number of carbonyl (C=O) groups is 1. The van der Waals surface area contributed by atoms with E-state index in [1.54, 1.807) is 6.92 Å². The van der Waals surface area contributed by atoms with E-state index in [1.807, 2.05) is 6.07 Å². The predicted molar refractivity (Wildman–Crippen MR) is 130 cm³/mol. The SMILES string of the molecule is CC(=O)OC1C(CBr)CC2C3CCc4cc(OCc5ccccc5)ccc4C3CC[C@@]21C. The van der Waals surface area contributed by atoms with Gasteiger partial charge in [0.1, 0.15) is 18.5 Å². The largest absolute Gasteiger partial charge is 0.489 e. The number of fused-ring (bicyclic) bond motifs is 5. The minimum Gasteiger partial charge on any atom is -0.489 e. The topological polar surface area (TPSA) is 35.5 Å². The monoisotopic (exact) mass is 496 g/mol. The van der Waals surface area contributed by atoms with Crippen molar-refractivity contribution in [3.63, 3.8) is 0 Å². The summed E-state index contributed by atoms with van der Waals surface area (Å²) in [6.07, 6.45) is 5.85. The normalized spacial score (nSPS) is 33.0. The van der Waals surface area contributed by atoms with E-state index < -0.39 is 0 Å². The molecule has 170 valence electrons. The van der Waals surface area contributed by atoms with Crippen LogP contribution in [0.2, 0.25) is 0 Å². The number of ether oxygens (including phenoxy) is 2. The highest BCUT2D eigenvalue weighted by Crippen LogP contribution is 2.63. The van der Waals surface area contributed by atoms with Crippen LogP contribution in [0.1, 0.15) is 62.1 Å². The molecule has 0 aliphatic heterocycles. The van der Waals surface area contributed by atoms with E-state index >= 15 is 0 Å². The van der Waals surface area contributed by atoms with Gasteiger partial charge in [-0.3, -0.25) is 4.79 Å². The summed E-state index contributed by atoms with van der Waals surface area (Å²) in [4.78, 5) is 11.9. The molecule has 6 atom stereocenters. The first kappa shape index (κ1) is 22.0. The second-order valence-electron chi connectivity index (χ2n) is 10.3. The molecule has 0 N–H and O–H groups in total. The first-order chi connectivity index (χ1) is 15.5. The summed E-state index contributed by atoms with van der Waals surface area (Å²) in [6.45, 7) is 4.56. The zero-order chi connectivity index (χ0) is 22.3. The van der Waals surface area contributed by atoms with Gasteiger partial charge in [-0.1, -0.05) is 59.3 Å². The van der Waals surface area contributed by atoms with E-state index in [2.05, 4.69) is 65.3 Å². The third-order valence-corrected chi connectivity index (χ3v) is 9.34. The Morgan fingerprint density at radius 1 is 1.16 bits per heavy atom. The van der Waals surface area contributed by atoms with E-state index in [1.165, 1.54) is 29.5 Å². The summed E-state index contributed by atoms with van der Waals surface area (Å²) in [5, 5.41) is 0.910. The molecule has 5 rings (SSSR count). The average molecular weight is 497 g/mol. The van der Waals surface area contributed by atoms with Gasteiger partial charge in [0.2, 0.25) is 0 Å². The molecule has 2 saturated carbocycles. The zero-order valence-corrected chi connectivity index (χ0v) is 20.6. The van der Waals surface area contributed by atoms with Crippen molar-refractivity contribution in [2.75, 3.05) is 5.33 Å². The highest BCUT2D eigenvalue weighted by atomic mass is 79.9. The Morgan fingerprint density at radius 3 is 2.72 bits per heavy atom. The van der Waals surface area contributed by atoms with Gasteiger partial charge in [-0.2, -0.15) is 0 Å². The van der Waals surface area contributed by atoms with Gasteiger partial charge >= 0.3 is 5.97 Å². The molecule has 32 heavy (non-hydrogen) atoms. The second-order valence-corrected chi connectivity index (χ2v) is 10.9. The number of hydrogen-bond acceptors (Lipinski definition) is 3. The Kier molecular flexibility index (Phi) is 6.09. The Balaban J connectivity index is 1.34. The molecule has 3 nitrogen and oxygen atoms in total. The van der Waals surface area contributed by atoms with Crippen LogP contribution >= 0.6 is 15.9 Å². The quantitative estimate of drug-likeness (QED) is 0.342. The van der Waals surface area contributed by atoms with E-state index in [9.17, 15) is 4.79 Å². The van der Waals surface area contributed by atoms with E-state index in [0.717, 1.165) is 30.3 Å². The molecular weight excluding hydrogens is 464 g/mol. The van der Waals surface area contributed by atoms with Crippen molar-refractivity contribution in [2.45, 2.75) is 64.6 Å². The number of rotatable bonds is 5. The second kappa shape index (κ2) is 8.85. The summed E-state index contributed by atoms with van der Waals surface area (Å²) in [6, 6.07) is 17.1. The molecule has 4 heteroatoms. The molecule has 0 bridgehead atoms. The molecule has 0 radical (unpaired) electrons. The van der Waals surface area contributed by atoms with Crippen LogP contribution in [-0.2, 0) is 22.6 Å². The summed E-state index contributed by atoms with van der Waals surface area (Å²) in [5.74, 6) is 3.17. The molecule has 2 aromatic rings. The average Bonchev–Trinajstić information content (AvgIpc) is 3.09. The van der Waals surface area contributed by atoms with Gasteiger partial charge in [-0.05, 0) is 78.7 Å². The number of halogens is 1. The molecule has 5 unspecified atom stereocenters. The fraction of sp³-hybridized carbons (Fsp3) is 0.536. The minimum absolute atomic E-state index is 0.0421. The number of hydrogen-bond donors (Lipinski definition) is 0. The van der Waals surface area contributed by atoms with E-state index in [-0.39, 0.29) is 17.5 Å². The number of benzene rings is 2. The third kappa shape index (κ3) is 3.89. The van der Waals surface area contributed by atoms with Gasteiger partial charge in [-0.15, -0.1) is 0 Å². The van der Waals surface area contributed by atoms with Crippen LogP contribution in [0.4, 0.5) is 0 Å². The van der Waals surface area contributed by atoms with Crippen molar-refractivity contribution in [1.82, 2.24) is 0 Å². The maximum absolute atomic E-state index is 11.9. The molecule has 0 aromatic heterocycles. The lowest BCUT2D eigenvalue weighted by atomic mass is 9.55. The van der Waals surface area contributed by atoms with Crippen LogP contribution < -0.4 is 4.74 Å². The fourth-order valence-corrected chi connectivity index (χ4v) is 7.68. The van der Waals surface area contributed by atoms with Gasteiger partial charge in [0.25, 0.3) is 0 Å². The maximum atomic E-state index is 11.9. The lowest BCUT2D eigenvalue weighted by Gasteiger charge is -2.50. The summed E-state index contributed by atoms with van der Waals surface area (Å²) < 4.78 is 12.0. The van der Waals surface area contributed by atoms with Crippen LogP contribution in [-0.4, -0.2) is 17.4 Å². The van der Waals surface area contributed by atoms with Crippen molar-refractivity contribution in [3.05, 3.63) is 65.2 Å². The smallest absolute Gasteiger partial charge is 0.302 e. The van der Waals surface area contributed by atoms with Gasteiger partial charge in [0, 0.05) is 23.6 Å². The Labute approximate surface area is 200 Å². The predicted octanol–water partition coefficient (Wildman–Crippen LogP) is 6.67. The molecule has 3 aliphatic rings. The maximum Gasteiger partial charge on any atom is 0.302 e. The highest BCUT2D eigenvalue weighted by molar-refractivity contribution is 9.09. The standard InChI is InChI=1S/C28H33BrO3/c1-18(30)32-27-21(16-29)15-26-25-10-8-20-14-22(31-17-19-6-4-3-5-7-19)9-11-23(20)24(25)12-13-28(26,27)2/h3-7,9,11,14,21,24-27H,8,10,12-13,15-17H2,1-2H3/t21?,24?,25?,26?,27?,28-/m0/s1. The van der Waals surface area contributed by atoms with Gasteiger partial charge < -0.3 is 9.47 Å². The number of alkyl halides is 1. The van der Waals surface area contributed by atoms with Crippen LogP contribution in [0.3, 0.4) is 0 Å². The van der Waals surface area contributed by atoms with Crippen LogP contribution in [0.5, 0.6) is 5.75 Å². The molecule has 0 heterocycles. The summed E-state index contributed by atoms with van der Waals surface area (Å²) >= 11 is 3.71. The third-order valence-electron chi connectivity index (χ3n) is 8.51. The van der Waals surface area contributed by atoms with Crippen molar-refractivity contribution >= 4 is 21.9 Å². The van der Waals surface area contributed by atoms with Crippen molar-refractivity contribution in [2.24, 2.45) is 23.2 Å². The van der Waals surface area contributed by atoms with Crippen molar-refractivity contribution in [1.29, 1.82) is 0 Å².